The van der Waals surface area contributed by atoms with Gasteiger partial charge >= 0.3 is 0 Å². The molecule has 8 heterocycles. The molecule has 0 spiro atoms. The summed E-state index contributed by atoms with van der Waals surface area (Å²) in [6.45, 7) is 0. The molecule has 22 rings (SSSR count). The Labute approximate surface area is 543 Å². The zero-order valence-corrected chi connectivity index (χ0v) is 50.9. The van der Waals surface area contributed by atoms with Gasteiger partial charge < -0.3 is 17.7 Å². The first-order valence-corrected chi connectivity index (χ1v) is 32.2. The van der Waals surface area contributed by atoms with Crippen LogP contribution >= 0.6 is 0 Å². The molecule has 0 saturated heterocycles. The van der Waals surface area contributed by atoms with Crippen LogP contribution in [0.4, 0.5) is 0 Å². The SMILES string of the molecule is c1ccc(-c2nc(-n3c4ccc(-c5cc(-c6cc7c8nc(-n9c%10ccccc%10c%10ccc%11c%12ccccc%12oc%11c%109)nc(-c9ccccc9)c8oc7c7ccccc67)c6ccccc6c5)cc4c4cc5c(cc43)oc3ccccc35)nc3c2oc2c4ccccc4ccc32)cc1. The Kier molecular flexibility index (Phi) is 10.3. The second-order valence-electron chi connectivity index (χ2n) is 25.1. The quantitative estimate of drug-likeness (QED) is 0.162. The van der Waals surface area contributed by atoms with Crippen LogP contribution in [0.25, 0.3) is 221 Å². The summed E-state index contributed by atoms with van der Waals surface area (Å²) in [5.74, 6) is 1.03. The van der Waals surface area contributed by atoms with E-state index in [1.807, 2.05) is 60.7 Å². The number of rotatable bonds is 6. The third-order valence-corrected chi connectivity index (χ3v) is 19.9. The Balaban J connectivity index is 0.786. The predicted octanol–water partition coefficient (Wildman–Crippen LogP) is 23.2. The van der Waals surface area contributed by atoms with Crippen molar-refractivity contribution in [2.24, 2.45) is 0 Å². The number of hydrogen-bond donors (Lipinski definition) is 0. The number of benzene rings is 14. The summed E-state index contributed by atoms with van der Waals surface area (Å²) in [4.78, 5) is 22.3. The molecule has 0 aliphatic carbocycles. The highest BCUT2D eigenvalue weighted by Gasteiger charge is 2.28. The molecule has 0 unspecified atom stereocenters. The molecule has 14 aromatic carbocycles. The lowest BCUT2D eigenvalue weighted by molar-refractivity contribution is 0.668. The van der Waals surface area contributed by atoms with Gasteiger partial charge in [-0.15, -0.1) is 0 Å². The molecule has 0 bridgehead atoms. The third-order valence-electron chi connectivity index (χ3n) is 19.9. The molecule has 8 aromatic heterocycles. The molecule has 0 saturated carbocycles. The first kappa shape index (κ1) is 51.4. The van der Waals surface area contributed by atoms with Crippen molar-refractivity contribution in [3.63, 3.8) is 0 Å². The average Bonchev–Trinajstić information content (AvgIpc) is 1.55. The van der Waals surface area contributed by atoms with Crippen LogP contribution < -0.4 is 0 Å². The fourth-order valence-corrected chi connectivity index (χ4v) is 15.6. The maximum absolute atomic E-state index is 7.24. The second kappa shape index (κ2) is 19.2. The summed E-state index contributed by atoms with van der Waals surface area (Å²) in [5.41, 5.74) is 18.6. The van der Waals surface area contributed by atoms with Gasteiger partial charge in [-0.1, -0.05) is 206 Å². The van der Waals surface area contributed by atoms with Gasteiger partial charge in [0, 0.05) is 81.8 Å². The van der Waals surface area contributed by atoms with E-state index < -0.39 is 0 Å². The summed E-state index contributed by atoms with van der Waals surface area (Å²) in [6.07, 6.45) is 0. The van der Waals surface area contributed by atoms with Gasteiger partial charge in [0.1, 0.15) is 55.9 Å². The molecule has 0 atom stereocenters. The van der Waals surface area contributed by atoms with Gasteiger partial charge in [-0.2, -0.15) is 0 Å². The van der Waals surface area contributed by atoms with Crippen molar-refractivity contribution >= 4 is 164 Å². The van der Waals surface area contributed by atoms with Crippen LogP contribution in [0.2, 0.25) is 0 Å². The maximum Gasteiger partial charge on any atom is 0.236 e. The molecule has 444 valence electrons. The summed E-state index contributed by atoms with van der Waals surface area (Å²) in [7, 11) is 0. The van der Waals surface area contributed by atoms with E-state index in [0.29, 0.717) is 40.0 Å². The zero-order chi connectivity index (χ0) is 62.4. The van der Waals surface area contributed by atoms with E-state index >= 15 is 0 Å². The fourth-order valence-electron chi connectivity index (χ4n) is 15.6. The van der Waals surface area contributed by atoms with E-state index in [9.17, 15) is 0 Å². The van der Waals surface area contributed by atoms with Crippen molar-refractivity contribution in [1.29, 1.82) is 0 Å². The van der Waals surface area contributed by atoms with Crippen molar-refractivity contribution in [3.8, 4) is 56.7 Å². The minimum absolute atomic E-state index is 0.510. The molecular formula is C86H46N6O4. The van der Waals surface area contributed by atoms with Gasteiger partial charge in [-0.25, -0.2) is 19.9 Å². The lowest BCUT2D eigenvalue weighted by Crippen LogP contribution is -2.03. The topological polar surface area (TPSA) is 114 Å². The van der Waals surface area contributed by atoms with Gasteiger partial charge in [-0.05, 0) is 111 Å². The molecule has 0 radical (unpaired) electrons. The van der Waals surface area contributed by atoms with Crippen LogP contribution in [0.1, 0.15) is 0 Å². The van der Waals surface area contributed by atoms with E-state index in [-0.39, 0.29) is 0 Å². The smallest absolute Gasteiger partial charge is 0.236 e. The lowest BCUT2D eigenvalue weighted by Gasteiger charge is -2.14. The van der Waals surface area contributed by atoms with Crippen LogP contribution in [0, 0.1) is 0 Å². The van der Waals surface area contributed by atoms with Gasteiger partial charge in [0.15, 0.2) is 16.7 Å². The standard InChI is InChI=1S/C86H46N6O4/c1-3-20-48(21-4-1)75-83-77(62-37-35-47-19-7-10-26-54(47)80(62)95-83)89-85(87-75)91-70-40-36-50(42-65(70)66-45-67-58-30-15-17-33-72(58)93-74(67)46-71(66)91)52-41-51-24-8-9-25-53(51)63(43-52)64-44-68-78-84(96-81(68)60-31-12-11-27-55(60)64)76(49-22-5-2-6-23-49)88-86(90-78)92-69-32-16-13-28-56(69)59-38-39-61-57-29-14-18-34-73(57)94-82(61)79(59)92/h1-46H. The Bertz CT molecular complexity index is 7150. The van der Waals surface area contributed by atoms with E-state index in [4.69, 9.17) is 37.6 Å². The molecule has 0 N–H and O–H groups in total. The number of fused-ring (bicyclic) bond motifs is 24. The van der Waals surface area contributed by atoms with Gasteiger partial charge in [-0.3, -0.25) is 9.13 Å². The Morgan fingerprint density at radius 2 is 0.771 bits per heavy atom. The number of furan rings is 4. The first-order valence-electron chi connectivity index (χ1n) is 32.2. The summed E-state index contributed by atoms with van der Waals surface area (Å²) >= 11 is 0. The summed E-state index contributed by atoms with van der Waals surface area (Å²) in [6, 6.07) is 98.1. The molecule has 0 aliphatic heterocycles. The number of para-hydroxylation sites is 3. The van der Waals surface area contributed by atoms with Crippen molar-refractivity contribution < 1.29 is 17.7 Å². The molecule has 10 heteroatoms. The van der Waals surface area contributed by atoms with Crippen molar-refractivity contribution in [2.75, 3.05) is 0 Å². The molecule has 10 nitrogen and oxygen atoms in total. The summed E-state index contributed by atoms with van der Waals surface area (Å²) < 4.78 is 32.0. The number of nitrogens with zero attached hydrogens (tertiary/aromatic N) is 6. The molecule has 0 aliphatic rings. The Hall–Kier alpha value is -13.2. The molecule has 0 amide bonds. The fraction of sp³-hybridized carbons (Fsp3) is 0. The second-order valence-corrected chi connectivity index (χ2v) is 25.1. The molecule has 22 aromatic rings. The van der Waals surface area contributed by atoms with Gasteiger partial charge in [0.25, 0.3) is 0 Å². The minimum Gasteiger partial charge on any atom is -0.456 e. The van der Waals surface area contributed by atoms with Crippen LogP contribution in [0.15, 0.2) is 297 Å². The average molecular weight is 1230 g/mol. The number of hydrogen-bond acceptors (Lipinski definition) is 8. The molecule has 0 fully saturated rings. The van der Waals surface area contributed by atoms with E-state index in [2.05, 4.69) is 228 Å². The van der Waals surface area contributed by atoms with Crippen LogP contribution in [-0.4, -0.2) is 29.1 Å². The van der Waals surface area contributed by atoms with E-state index in [0.717, 1.165) is 181 Å². The third kappa shape index (κ3) is 7.18. The largest absolute Gasteiger partial charge is 0.456 e. The Morgan fingerprint density at radius 1 is 0.229 bits per heavy atom. The highest BCUT2D eigenvalue weighted by atomic mass is 16.3. The van der Waals surface area contributed by atoms with Crippen LogP contribution in [0.3, 0.4) is 0 Å². The highest BCUT2D eigenvalue weighted by molar-refractivity contribution is 6.25. The van der Waals surface area contributed by atoms with Crippen molar-refractivity contribution in [1.82, 2.24) is 29.1 Å². The normalized spacial score (nSPS) is 12.4. The van der Waals surface area contributed by atoms with Crippen molar-refractivity contribution in [2.45, 2.75) is 0 Å². The maximum atomic E-state index is 7.24. The predicted molar refractivity (Wildman–Crippen MR) is 390 cm³/mol. The van der Waals surface area contributed by atoms with E-state index in [1.165, 1.54) is 0 Å². The molecular weight excluding hydrogens is 1180 g/mol. The van der Waals surface area contributed by atoms with Gasteiger partial charge in [0.2, 0.25) is 11.9 Å². The number of aromatic nitrogens is 6. The monoisotopic (exact) mass is 1230 g/mol. The highest BCUT2D eigenvalue weighted by Crippen LogP contribution is 2.48. The molecule has 96 heavy (non-hydrogen) atoms. The van der Waals surface area contributed by atoms with E-state index in [1.54, 1.807) is 0 Å². The lowest BCUT2D eigenvalue weighted by atomic mass is 9.89. The first-order chi connectivity index (χ1) is 47.6. The summed E-state index contributed by atoms with van der Waals surface area (Å²) in [5, 5.41) is 16.5. The van der Waals surface area contributed by atoms with Crippen molar-refractivity contribution in [3.05, 3.63) is 279 Å². The van der Waals surface area contributed by atoms with Crippen LogP contribution in [0.5, 0.6) is 0 Å². The Morgan fingerprint density at radius 3 is 1.53 bits per heavy atom. The van der Waals surface area contributed by atoms with Crippen LogP contribution in [-0.2, 0) is 0 Å². The minimum atomic E-state index is 0.510. The van der Waals surface area contributed by atoms with Gasteiger partial charge in [0.05, 0.1) is 16.6 Å². The zero-order valence-electron chi connectivity index (χ0n) is 50.9.